The van der Waals surface area contributed by atoms with Crippen LogP contribution in [0.15, 0.2) is 52.9 Å². The minimum absolute atomic E-state index is 0.129. The number of nitrogens with one attached hydrogen (secondary N) is 2. The molecule has 0 bridgehead atoms. The summed E-state index contributed by atoms with van der Waals surface area (Å²) in [4.78, 5) is 11.9. The second kappa shape index (κ2) is 8.35. The van der Waals surface area contributed by atoms with Crippen LogP contribution in [0, 0.1) is 5.21 Å². The van der Waals surface area contributed by atoms with Gasteiger partial charge in [-0.3, -0.25) is 4.79 Å². The Kier molecular flexibility index (Phi) is 5.70. The molecule has 3 aromatic rings. The van der Waals surface area contributed by atoms with E-state index in [0.717, 1.165) is 10.3 Å². The number of nitrogens with zero attached hydrogens (tertiary/aromatic N) is 1. The zero-order valence-electron chi connectivity index (χ0n) is 14.5. The molecular weight excluding hydrogens is 334 g/mol. The minimum atomic E-state index is -0.129. The molecule has 0 saturated heterocycles. The Balaban J connectivity index is 1.46. The van der Waals surface area contributed by atoms with Crippen LogP contribution in [0.3, 0.4) is 0 Å². The summed E-state index contributed by atoms with van der Waals surface area (Å²) in [5.41, 5.74) is 2.02. The third-order valence-corrected chi connectivity index (χ3v) is 3.96. The van der Waals surface area contributed by atoms with Crippen molar-refractivity contribution < 1.29 is 18.7 Å². The van der Waals surface area contributed by atoms with Crippen molar-refractivity contribution in [2.24, 2.45) is 0 Å². The van der Waals surface area contributed by atoms with Gasteiger partial charge < -0.3 is 25.0 Å². The summed E-state index contributed by atoms with van der Waals surface area (Å²) < 4.78 is 11.4. The molecule has 1 heterocycles. The van der Waals surface area contributed by atoms with E-state index in [4.69, 9.17) is 9.15 Å². The topological polar surface area (TPSA) is 90.4 Å². The Labute approximate surface area is 151 Å². The third-order valence-electron chi connectivity index (χ3n) is 3.96. The van der Waals surface area contributed by atoms with Gasteiger partial charge in [0.15, 0.2) is 0 Å². The first-order valence-electron chi connectivity index (χ1n) is 8.37. The van der Waals surface area contributed by atoms with E-state index in [1.807, 2.05) is 30.3 Å². The van der Waals surface area contributed by atoms with Crippen molar-refractivity contribution in [3.8, 4) is 5.75 Å². The molecule has 2 N–H and O–H groups in total. The van der Waals surface area contributed by atoms with Gasteiger partial charge in [-0.1, -0.05) is 30.3 Å². The molecule has 0 fully saturated rings. The predicted molar refractivity (Wildman–Crippen MR) is 96.6 cm³/mol. The first kappa shape index (κ1) is 17.8. The van der Waals surface area contributed by atoms with Crippen LogP contribution in [0.1, 0.15) is 11.5 Å². The molecule has 7 nitrogen and oxygen atoms in total. The van der Waals surface area contributed by atoms with Gasteiger partial charge in [0.1, 0.15) is 5.75 Å². The number of amides is 1. The van der Waals surface area contributed by atoms with Crippen LogP contribution in [-0.4, -0.2) is 26.1 Å². The average molecular weight is 355 g/mol. The number of methoxy groups -OCH3 is 1. The van der Waals surface area contributed by atoms with E-state index >= 15 is 0 Å². The highest BCUT2D eigenvalue weighted by Crippen LogP contribution is 2.20. The van der Waals surface area contributed by atoms with Crippen molar-refractivity contribution >= 4 is 17.0 Å². The zero-order valence-corrected chi connectivity index (χ0v) is 14.5. The quantitative estimate of drug-likeness (QED) is 0.472. The first-order valence-corrected chi connectivity index (χ1v) is 8.37. The molecule has 0 aliphatic heterocycles. The van der Waals surface area contributed by atoms with Gasteiger partial charge in [0.25, 0.3) is 5.52 Å². The van der Waals surface area contributed by atoms with Gasteiger partial charge >= 0.3 is 5.89 Å². The van der Waals surface area contributed by atoms with Crippen LogP contribution in [0.4, 0.5) is 0 Å². The molecule has 0 atom stereocenters. The second-order valence-electron chi connectivity index (χ2n) is 5.81. The van der Waals surface area contributed by atoms with E-state index in [1.54, 1.807) is 25.3 Å². The smallest absolute Gasteiger partial charge is 0.361 e. The molecule has 0 aliphatic carbocycles. The lowest BCUT2D eigenvalue weighted by molar-refractivity contribution is -0.592. The number of hydrogen-bond donors (Lipinski definition) is 2. The number of fused-ring (bicyclic) bond motifs is 1. The van der Waals surface area contributed by atoms with Crippen LogP contribution in [0.2, 0.25) is 0 Å². The fourth-order valence-corrected chi connectivity index (χ4v) is 2.61. The van der Waals surface area contributed by atoms with E-state index in [0.29, 0.717) is 36.4 Å². The van der Waals surface area contributed by atoms with Crippen LogP contribution < -0.4 is 20.1 Å². The van der Waals surface area contributed by atoms with Crippen molar-refractivity contribution in [3.05, 3.63) is 65.2 Å². The number of rotatable bonds is 8. The highest BCUT2D eigenvalue weighted by molar-refractivity contribution is 5.78. The molecule has 136 valence electrons. The van der Waals surface area contributed by atoms with Crippen LogP contribution in [-0.2, 0) is 17.8 Å². The second-order valence-corrected chi connectivity index (χ2v) is 5.81. The SMILES string of the molecule is COc1ccc2c(c1)oc(CCNC(=O)CNCc1ccccc1)[n+]2[O-]. The summed E-state index contributed by atoms with van der Waals surface area (Å²) >= 11 is 0. The maximum atomic E-state index is 12.2. The Morgan fingerprint density at radius 3 is 2.81 bits per heavy atom. The predicted octanol–water partition coefficient (Wildman–Crippen LogP) is 1.52. The summed E-state index contributed by atoms with van der Waals surface area (Å²) in [6.07, 6.45) is 0.310. The lowest BCUT2D eigenvalue weighted by Gasteiger charge is -2.05. The number of hydrogen-bond acceptors (Lipinski definition) is 5. The van der Waals surface area contributed by atoms with Crippen molar-refractivity contribution in [1.29, 1.82) is 0 Å². The largest absolute Gasteiger partial charge is 0.616 e. The summed E-state index contributed by atoms with van der Waals surface area (Å²) in [5, 5.41) is 18.0. The molecular formula is C19H21N3O4. The van der Waals surface area contributed by atoms with Crippen LogP contribution in [0.25, 0.3) is 11.1 Å². The molecule has 0 saturated carbocycles. The Bertz CT molecular complexity index is 877. The van der Waals surface area contributed by atoms with Crippen molar-refractivity contribution in [2.45, 2.75) is 13.0 Å². The van der Waals surface area contributed by atoms with Crippen molar-refractivity contribution in [2.75, 3.05) is 20.2 Å². The number of aromatic nitrogens is 1. The van der Waals surface area contributed by atoms with Gasteiger partial charge in [-0.25, -0.2) is 0 Å². The standard InChI is InChI=1S/C19H21N3O4/c1-25-15-7-8-16-17(11-15)26-19(22(16)24)9-10-21-18(23)13-20-12-14-5-3-2-4-6-14/h2-8,11,20H,9-10,12-13H2,1H3,(H,21,23). The monoisotopic (exact) mass is 355 g/mol. The lowest BCUT2D eigenvalue weighted by atomic mass is 10.2. The van der Waals surface area contributed by atoms with E-state index in [-0.39, 0.29) is 18.3 Å². The molecule has 1 aromatic heterocycles. The third kappa shape index (κ3) is 4.31. The fourth-order valence-electron chi connectivity index (χ4n) is 2.61. The van der Waals surface area contributed by atoms with E-state index in [9.17, 15) is 10.0 Å². The molecule has 2 aromatic carbocycles. The van der Waals surface area contributed by atoms with Crippen molar-refractivity contribution in [3.63, 3.8) is 0 Å². The molecule has 1 amide bonds. The summed E-state index contributed by atoms with van der Waals surface area (Å²) in [5.74, 6) is 0.748. The summed E-state index contributed by atoms with van der Waals surface area (Å²) in [6.45, 7) is 1.16. The maximum absolute atomic E-state index is 12.2. The minimum Gasteiger partial charge on any atom is -0.616 e. The maximum Gasteiger partial charge on any atom is 0.361 e. The number of oxazole rings is 1. The Morgan fingerprint density at radius 2 is 2.04 bits per heavy atom. The van der Waals surface area contributed by atoms with Gasteiger partial charge in [0, 0.05) is 25.2 Å². The van der Waals surface area contributed by atoms with Gasteiger partial charge in [-0.15, -0.1) is 4.73 Å². The molecule has 0 unspecified atom stereocenters. The molecule has 0 radical (unpaired) electrons. The van der Waals surface area contributed by atoms with Gasteiger partial charge in [0.2, 0.25) is 11.5 Å². The number of carbonyl (C=O) groups is 1. The molecule has 0 spiro atoms. The molecule has 7 heteroatoms. The first-order chi connectivity index (χ1) is 12.7. The molecule has 26 heavy (non-hydrogen) atoms. The van der Waals surface area contributed by atoms with E-state index in [1.165, 1.54) is 0 Å². The van der Waals surface area contributed by atoms with Gasteiger partial charge in [-0.2, -0.15) is 0 Å². The highest BCUT2D eigenvalue weighted by atomic mass is 16.5. The van der Waals surface area contributed by atoms with E-state index in [2.05, 4.69) is 10.6 Å². The van der Waals surface area contributed by atoms with E-state index < -0.39 is 0 Å². The van der Waals surface area contributed by atoms with Gasteiger partial charge in [-0.05, 0) is 11.6 Å². The van der Waals surface area contributed by atoms with Crippen LogP contribution >= 0.6 is 0 Å². The normalized spacial score (nSPS) is 10.8. The average Bonchev–Trinajstić information content (AvgIpc) is 2.98. The summed E-state index contributed by atoms with van der Waals surface area (Å²) in [7, 11) is 1.55. The number of ether oxygens (including phenoxy) is 1. The lowest BCUT2D eigenvalue weighted by Crippen LogP contribution is -2.36. The van der Waals surface area contributed by atoms with Gasteiger partial charge in [0.05, 0.1) is 20.1 Å². The molecule has 3 rings (SSSR count). The highest BCUT2D eigenvalue weighted by Gasteiger charge is 2.18. The van der Waals surface area contributed by atoms with Crippen LogP contribution in [0.5, 0.6) is 5.75 Å². The summed E-state index contributed by atoms with van der Waals surface area (Å²) in [6, 6.07) is 14.9. The zero-order chi connectivity index (χ0) is 18.4. The molecule has 0 aliphatic rings. The fraction of sp³-hybridized carbons (Fsp3) is 0.263. The Morgan fingerprint density at radius 1 is 1.23 bits per heavy atom. The van der Waals surface area contributed by atoms with Crippen molar-refractivity contribution in [1.82, 2.24) is 10.6 Å². The number of benzene rings is 2. The number of carbonyl (C=O) groups excluding carboxylic acids is 1. The Hall–Kier alpha value is -3.06.